The van der Waals surface area contributed by atoms with E-state index in [-0.39, 0.29) is 5.48 Å². The van der Waals surface area contributed by atoms with E-state index in [1.54, 1.807) is 0 Å². The van der Waals surface area contributed by atoms with Crippen molar-refractivity contribution >= 4 is 18.9 Å². The van der Waals surface area contributed by atoms with Crippen molar-refractivity contribution in [1.82, 2.24) is 0 Å². The maximum Gasteiger partial charge on any atom is 0.116 e. The van der Waals surface area contributed by atoms with Crippen molar-refractivity contribution in [3.8, 4) is 0 Å². The molecule has 0 saturated heterocycles. The van der Waals surface area contributed by atoms with E-state index in [1.165, 1.54) is 6.92 Å². The van der Waals surface area contributed by atoms with Crippen LogP contribution >= 0.6 is 12.6 Å². The first-order valence-corrected chi connectivity index (χ1v) is 2.47. The van der Waals surface area contributed by atoms with Crippen LogP contribution in [0.4, 0.5) is 0 Å². The maximum absolute atomic E-state index is 8.81. The van der Waals surface area contributed by atoms with E-state index in [0.717, 1.165) is 12.0 Å². The van der Waals surface area contributed by atoms with Gasteiger partial charge in [0.05, 0.1) is 0 Å². The summed E-state index contributed by atoms with van der Waals surface area (Å²) in [6, 6.07) is 0. The van der Waals surface area contributed by atoms with Crippen LogP contribution < -0.4 is 0 Å². The van der Waals surface area contributed by atoms with E-state index < -0.39 is 0 Å². The third kappa shape index (κ3) is 237000. The number of carbonyl (C=O) groups is 1. The lowest BCUT2D eigenvalue weighted by Gasteiger charge is -1.48. The number of hydrogen-bond acceptors (Lipinski definition) is 2. The summed E-state index contributed by atoms with van der Waals surface area (Å²) in [5.41, 5.74) is 0. The first kappa shape index (κ1) is 15.8. The molecular weight excluding hydrogens is 112 g/mol. The fraction of sp³-hybridized carbons (Fsp3) is 0.750. The van der Waals surface area contributed by atoms with Crippen molar-refractivity contribution < 1.29 is 10.3 Å². The van der Waals surface area contributed by atoms with Gasteiger partial charge in [-0.05, 0) is 12.7 Å². The number of rotatable bonds is 0. The molecule has 0 aromatic rings. The Labute approximate surface area is 49.6 Å². The summed E-state index contributed by atoms with van der Waals surface area (Å²) < 4.78 is 0. The van der Waals surface area contributed by atoms with E-state index in [2.05, 4.69) is 12.6 Å². The highest BCUT2D eigenvalue weighted by Gasteiger charge is 1.35. The Morgan fingerprint density at radius 3 is 1.71 bits per heavy atom. The molecule has 3 heteroatoms. The molecule has 0 unspecified atom stereocenters. The minimum atomic E-state index is 0. The van der Waals surface area contributed by atoms with Crippen molar-refractivity contribution in [2.75, 3.05) is 5.75 Å². The first-order chi connectivity index (χ1) is 2.83. The van der Waals surface area contributed by atoms with Crippen molar-refractivity contribution in [2.24, 2.45) is 0 Å². The number of hydrogen-bond donors (Lipinski definition) is 1. The van der Waals surface area contributed by atoms with Gasteiger partial charge in [0, 0.05) is 0 Å². The fourth-order valence-electron chi connectivity index (χ4n) is 0. The molecule has 0 aliphatic rings. The van der Waals surface area contributed by atoms with Gasteiger partial charge in [-0.25, -0.2) is 0 Å². The molecule has 0 heterocycles. The molecule has 7 heavy (non-hydrogen) atoms. The predicted molar refractivity (Wildman–Crippen MR) is 34.9 cm³/mol. The summed E-state index contributed by atoms with van der Waals surface area (Å²) >= 11 is 3.79. The molecule has 0 saturated carbocycles. The van der Waals surface area contributed by atoms with E-state index in [4.69, 9.17) is 4.79 Å². The molecule has 0 fully saturated rings. The maximum atomic E-state index is 8.81. The van der Waals surface area contributed by atoms with Crippen LogP contribution in [0, 0.1) is 0 Å². The Kier molecular flexibility index (Phi) is 85.2. The van der Waals surface area contributed by atoms with Crippen LogP contribution in [0.25, 0.3) is 0 Å². The number of carbonyl (C=O) groups excluding carboxylic acids is 1. The van der Waals surface area contributed by atoms with Crippen molar-refractivity contribution in [1.29, 1.82) is 0 Å². The van der Waals surface area contributed by atoms with E-state index >= 15 is 0 Å². The van der Waals surface area contributed by atoms with Crippen molar-refractivity contribution in [3.05, 3.63) is 0 Å². The van der Waals surface area contributed by atoms with Gasteiger partial charge >= 0.3 is 0 Å². The molecule has 0 rings (SSSR count). The molecular formula is C4H12O2S. The highest BCUT2D eigenvalue weighted by molar-refractivity contribution is 7.80. The van der Waals surface area contributed by atoms with Crippen LogP contribution in [-0.4, -0.2) is 17.5 Å². The van der Waals surface area contributed by atoms with Crippen LogP contribution in [0.3, 0.4) is 0 Å². The van der Waals surface area contributed by atoms with Crippen LogP contribution in [0.5, 0.6) is 0 Å². The van der Waals surface area contributed by atoms with Gasteiger partial charge in [0.1, 0.15) is 6.29 Å². The highest BCUT2D eigenvalue weighted by atomic mass is 32.1. The van der Waals surface area contributed by atoms with Gasteiger partial charge in [-0.1, -0.05) is 6.92 Å². The largest absolute Gasteiger partial charge is 0.412 e. The van der Waals surface area contributed by atoms with Crippen LogP contribution in [0.1, 0.15) is 13.8 Å². The lowest BCUT2D eigenvalue weighted by molar-refractivity contribution is -0.106. The second-order valence-electron chi connectivity index (χ2n) is 0.552. The topological polar surface area (TPSA) is 48.6 Å². The van der Waals surface area contributed by atoms with Crippen molar-refractivity contribution in [3.63, 3.8) is 0 Å². The van der Waals surface area contributed by atoms with Gasteiger partial charge in [-0.2, -0.15) is 12.6 Å². The Morgan fingerprint density at radius 1 is 1.71 bits per heavy atom. The van der Waals surface area contributed by atoms with E-state index in [9.17, 15) is 0 Å². The van der Waals surface area contributed by atoms with Gasteiger partial charge in [0.25, 0.3) is 0 Å². The van der Waals surface area contributed by atoms with Crippen LogP contribution in [0.2, 0.25) is 0 Å². The third-order valence-corrected chi connectivity index (χ3v) is 0. The zero-order valence-corrected chi connectivity index (χ0v) is 5.53. The molecule has 0 spiro atoms. The molecule has 0 aromatic heterocycles. The summed E-state index contributed by atoms with van der Waals surface area (Å²) in [6.07, 6.45) is 0.750. The monoisotopic (exact) mass is 124 g/mol. The molecule has 0 bridgehead atoms. The zero-order chi connectivity index (χ0) is 5.41. The molecule has 0 aliphatic carbocycles. The average molecular weight is 124 g/mol. The molecule has 46 valence electrons. The SMILES string of the molecule is CC=O.CCS.O. The van der Waals surface area contributed by atoms with Crippen LogP contribution in [0.15, 0.2) is 0 Å². The highest BCUT2D eigenvalue weighted by Crippen LogP contribution is 1.58. The Hall–Kier alpha value is -0.0200. The lowest BCUT2D eigenvalue weighted by atomic mass is 11.0. The quantitative estimate of drug-likeness (QED) is 0.367. The first-order valence-electron chi connectivity index (χ1n) is 1.84. The Bertz CT molecular complexity index is 23.7. The molecule has 0 aromatic carbocycles. The minimum Gasteiger partial charge on any atom is -0.412 e. The molecule has 0 aliphatic heterocycles. The summed E-state index contributed by atoms with van der Waals surface area (Å²) in [4.78, 5) is 8.81. The normalized spacial score (nSPS) is 4.43. The number of aldehydes is 1. The third-order valence-electron chi connectivity index (χ3n) is 0. The fourth-order valence-corrected chi connectivity index (χ4v) is 0. The van der Waals surface area contributed by atoms with Crippen LogP contribution in [-0.2, 0) is 4.79 Å². The number of thiol groups is 1. The van der Waals surface area contributed by atoms with E-state index in [1.807, 2.05) is 6.92 Å². The Morgan fingerprint density at radius 2 is 1.71 bits per heavy atom. The van der Waals surface area contributed by atoms with Gasteiger partial charge < -0.3 is 10.3 Å². The zero-order valence-electron chi connectivity index (χ0n) is 4.64. The predicted octanol–water partition coefficient (Wildman–Crippen LogP) is 0.317. The lowest BCUT2D eigenvalue weighted by Crippen LogP contribution is -1.36. The van der Waals surface area contributed by atoms with Gasteiger partial charge in [0.2, 0.25) is 0 Å². The molecule has 0 radical (unpaired) electrons. The van der Waals surface area contributed by atoms with Gasteiger partial charge in [-0.3, -0.25) is 0 Å². The molecule has 2 nitrogen and oxygen atoms in total. The Balaban J connectivity index is -0.0000000400. The average Bonchev–Trinajstić information content (AvgIpc) is 1.39. The summed E-state index contributed by atoms with van der Waals surface area (Å²) in [5, 5.41) is 0. The summed E-state index contributed by atoms with van der Waals surface area (Å²) in [7, 11) is 0. The standard InChI is InChI=1S/C2H4O.C2H6S.H2O/c2*1-2-3;/h2H,1H3;3H,2H2,1H3;1H2. The second-order valence-corrected chi connectivity index (χ2v) is 1.18. The summed E-state index contributed by atoms with van der Waals surface area (Å²) in [6.45, 7) is 3.43. The van der Waals surface area contributed by atoms with Gasteiger partial charge in [0.15, 0.2) is 0 Å². The molecule has 2 N–H and O–H groups in total. The second kappa shape index (κ2) is 37.8. The van der Waals surface area contributed by atoms with Gasteiger partial charge in [-0.15, -0.1) is 0 Å². The molecule has 0 amide bonds. The smallest absolute Gasteiger partial charge is 0.116 e. The van der Waals surface area contributed by atoms with E-state index in [0.29, 0.717) is 0 Å². The minimum absolute atomic E-state index is 0. The molecule has 0 atom stereocenters. The summed E-state index contributed by atoms with van der Waals surface area (Å²) in [5.74, 6) is 0.944. The van der Waals surface area contributed by atoms with Crippen molar-refractivity contribution in [2.45, 2.75) is 13.8 Å².